The third-order valence-electron chi connectivity index (χ3n) is 5.61. The number of hydrogen-bond donors (Lipinski definition) is 2. The quantitative estimate of drug-likeness (QED) is 0.252. The summed E-state index contributed by atoms with van der Waals surface area (Å²) < 4.78 is 16.0. The van der Waals surface area contributed by atoms with Crippen molar-refractivity contribution in [2.45, 2.75) is 5.16 Å². The van der Waals surface area contributed by atoms with Crippen molar-refractivity contribution in [2.75, 3.05) is 16.9 Å². The van der Waals surface area contributed by atoms with Crippen LogP contribution in [0.15, 0.2) is 83.1 Å². The van der Waals surface area contributed by atoms with E-state index < -0.39 is 11.8 Å². The highest BCUT2D eigenvalue weighted by Crippen LogP contribution is 2.26. The molecule has 2 aromatic carbocycles. The first kappa shape index (κ1) is 24.1. The zero-order valence-electron chi connectivity index (χ0n) is 19.8. The predicted octanol–water partition coefficient (Wildman–Crippen LogP) is 4.96. The van der Waals surface area contributed by atoms with E-state index in [1.165, 1.54) is 40.9 Å². The Kier molecular flexibility index (Phi) is 6.60. The van der Waals surface area contributed by atoms with Gasteiger partial charge in [0.05, 0.1) is 11.4 Å². The number of rotatable bonds is 5. The molecule has 3 aromatic heterocycles. The third kappa shape index (κ3) is 5.02. The number of hydrogen-bond acceptors (Lipinski definition) is 7. The number of aryl methyl sites for hydroxylation is 1. The van der Waals surface area contributed by atoms with Gasteiger partial charge in [-0.3, -0.25) is 14.7 Å². The molecule has 0 saturated heterocycles. The largest absolute Gasteiger partial charge is 0.324 e. The summed E-state index contributed by atoms with van der Waals surface area (Å²) in [5.41, 5.74) is 2.33. The van der Waals surface area contributed by atoms with E-state index in [9.17, 15) is 14.0 Å². The number of urea groups is 1. The van der Waals surface area contributed by atoms with E-state index in [0.717, 1.165) is 5.56 Å². The lowest BCUT2D eigenvalue weighted by atomic mass is 10.1. The number of nitrogens with zero attached hydrogens (tertiary/aromatic N) is 5. The molecule has 9 nitrogen and oxygen atoms in total. The molecule has 2 amide bonds. The van der Waals surface area contributed by atoms with Gasteiger partial charge in [0.25, 0.3) is 5.56 Å². The first-order valence-electron chi connectivity index (χ1n) is 11.1. The Morgan fingerprint density at radius 3 is 2.57 bits per heavy atom. The second kappa shape index (κ2) is 10.2. The molecule has 11 heteroatoms. The first-order chi connectivity index (χ1) is 17.9. The highest BCUT2D eigenvalue weighted by Gasteiger charge is 2.15. The van der Waals surface area contributed by atoms with Gasteiger partial charge in [-0.25, -0.2) is 29.1 Å². The molecule has 0 fully saturated rings. The highest BCUT2D eigenvalue weighted by atomic mass is 32.2. The van der Waals surface area contributed by atoms with Gasteiger partial charge in [-0.2, -0.15) is 0 Å². The van der Waals surface area contributed by atoms with E-state index in [4.69, 9.17) is 0 Å². The average Bonchev–Trinajstić information content (AvgIpc) is 2.92. The van der Waals surface area contributed by atoms with Crippen LogP contribution in [0.3, 0.4) is 0 Å². The maximum atomic E-state index is 14.6. The topological polar surface area (TPSA) is 115 Å². The average molecular weight is 514 g/mol. The van der Waals surface area contributed by atoms with Crippen LogP contribution in [0.4, 0.5) is 20.7 Å². The summed E-state index contributed by atoms with van der Waals surface area (Å²) in [5.74, 6) is -0.409. The van der Waals surface area contributed by atoms with Crippen LogP contribution in [0.2, 0.25) is 0 Å². The molecule has 0 saturated carbocycles. The number of amides is 2. The lowest BCUT2D eigenvalue weighted by Crippen LogP contribution is -2.22. The highest BCUT2D eigenvalue weighted by molar-refractivity contribution is 7.98. The standard InChI is InChI=1S/C26H20FN7O2S/c1-34-23-17(13-28-26(33-23)37-2)10-18(24(34)35)16-8-9-19(27)21(11-16)31-25(36)32-22-12-20(29-14-30-22)15-6-4-3-5-7-15/h3-14H,1-2H3,(H2,29,30,31,32,36). The van der Waals surface area contributed by atoms with Crippen LogP contribution in [0.25, 0.3) is 33.4 Å². The van der Waals surface area contributed by atoms with Crippen molar-refractivity contribution < 1.29 is 9.18 Å². The molecule has 37 heavy (non-hydrogen) atoms. The molecule has 0 aliphatic rings. The van der Waals surface area contributed by atoms with Crippen LogP contribution in [-0.2, 0) is 7.05 Å². The van der Waals surface area contributed by atoms with Crippen molar-refractivity contribution in [2.24, 2.45) is 7.05 Å². The fourth-order valence-electron chi connectivity index (χ4n) is 3.79. The van der Waals surface area contributed by atoms with E-state index in [2.05, 4.69) is 30.6 Å². The number of anilines is 2. The predicted molar refractivity (Wildman–Crippen MR) is 142 cm³/mol. The third-order valence-corrected chi connectivity index (χ3v) is 6.17. The van der Waals surface area contributed by atoms with E-state index in [0.29, 0.717) is 33.0 Å². The summed E-state index contributed by atoms with van der Waals surface area (Å²) in [6.45, 7) is 0. The van der Waals surface area contributed by atoms with Crippen molar-refractivity contribution in [3.05, 3.63) is 89.4 Å². The second-order valence-corrected chi connectivity index (χ2v) is 8.76. The van der Waals surface area contributed by atoms with Crippen molar-refractivity contribution in [1.29, 1.82) is 0 Å². The minimum atomic E-state index is -0.696. The number of halogens is 1. The fourth-order valence-corrected chi connectivity index (χ4v) is 4.12. The maximum absolute atomic E-state index is 14.6. The number of fused-ring (bicyclic) bond motifs is 1. The molecule has 0 aliphatic carbocycles. The summed E-state index contributed by atoms with van der Waals surface area (Å²) >= 11 is 1.37. The van der Waals surface area contributed by atoms with Crippen LogP contribution in [0, 0.1) is 5.82 Å². The van der Waals surface area contributed by atoms with E-state index in [-0.39, 0.29) is 17.1 Å². The molecule has 5 aromatic rings. The van der Waals surface area contributed by atoms with Gasteiger partial charge in [0.1, 0.15) is 23.6 Å². The lowest BCUT2D eigenvalue weighted by molar-refractivity contribution is 0.262. The Balaban J connectivity index is 1.41. The first-order valence-corrected chi connectivity index (χ1v) is 12.3. The van der Waals surface area contributed by atoms with Gasteiger partial charge < -0.3 is 5.32 Å². The summed E-state index contributed by atoms with van der Waals surface area (Å²) in [5, 5.41) is 6.29. The summed E-state index contributed by atoms with van der Waals surface area (Å²) in [6, 6.07) is 16.1. The van der Waals surface area contributed by atoms with E-state index in [1.807, 2.05) is 36.6 Å². The lowest BCUT2D eigenvalue weighted by Gasteiger charge is -2.12. The van der Waals surface area contributed by atoms with Crippen molar-refractivity contribution in [3.63, 3.8) is 0 Å². The number of aromatic nitrogens is 5. The van der Waals surface area contributed by atoms with Gasteiger partial charge in [-0.05, 0) is 30.0 Å². The summed E-state index contributed by atoms with van der Waals surface area (Å²) in [7, 11) is 1.62. The molecule has 3 heterocycles. The number of benzene rings is 2. The molecule has 0 spiro atoms. The molecule has 5 rings (SSSR count). The molecule has 184 valence electrons. The smallest absolute Gasteiger partial charge is 0.305 e. The molecule has 2 N–H and O–H groups in total. The second-order valence-electron chi connectivity index (χ2n) is 7.99. The Morgan fingerprint density at radius 1 is 0.973 bits per heavy atom. The van der Waals surface area contributed by atoms with Crippen molar-refractivity contribution in [3.8, 4) is 22.4 Å². The van der Waals surface area contributed by atoms with E-state index >= 15 is 0 Å². The van der Waals surface area contributed by atoms with Crippen molar-refractivity contribution in [1.82, 2.24) is 24.5 Å². The maximum Gasteiger partial charge on any atom is 0.324 e. The number of carbonyl (C=O) groups is 1. The Bertz CT molecular complexity index is 1690. The summed E-state index contributed by atoms with van der Waals surface area (Å²) in [4.78, 5) is 42.7. The molecular weight excluding hydrogens is 493 g/mol. The summed E-state index contributed by atoms with van der Waals surface area (Å²) in [6.07, 6.45) is 4.82. The van der Waals surface area contributed by atoms with Crippen LogP contribution in [0.1, 0.15) is 0 Å². The Hall–Kier alpha value is -4.64. The SMILES string of the molecule is CSc1ncc2cc(-c3ccc(F)c(NC(=O)Nc4cc(-c5ccccc5)ncn4)c3)c(=O)n(C)c2n1. The Labute approximate surface area is 214 Å². The molecule has 0 atom stereocenters. The normalized spacial score (nSPS) is 10.9. The van der Waals surface area contributed by atoms with Crippen molar-refractivity contribution >= 4 is 40.3 Å². The molecule has 0 radical (unpaired) electrons. The van der Waals surface area contributed by atoms with Gasteiger partial charge >= 0.3 is 6.03 Å². The zero-order chi connectivity index (χ0) is 25.9. The number of pyridine rings is 1. The fraction of sp³-hybridized carbons (Fsp3) is 0.0769. The number of thioether (sulfide) groups is 1. The number of nitrogens with one attached hydrogen (secondary N) is 2. The van der Waals surface area contributed by atoms with Gasteiger partial charge in [0.2, 0.25) is 0 Å². The minimum absolute atomic E-state index is 0.0940. The van der Waals surface area contributed by atoms with Crippen LogP contribution < -0.4 is 16.2 Å². The number of carbonyl (C=O) groups excluding carboxylic acids is 1. The minimum Gasteiger partial charge on any atom is -0.305 e. The van der Waals surface area contributed by atoms with Gasteiger partial charge in [0.15, 0.2) is 5.16 Å². The van der Waals surface area contributed by atoms with Crippen LogP contribution in [0.5, 0.6) is 0 Å². The Morgan fingerprint density at radius 2 is 1.78 bits per heavy atom. The monoisotopic (exact) mass is 513 g/mol. The molecule has 0 bridgehead atoms. The molecule has 0 aliphatic heterocycles. The molecular formula is C26H20FN7O2S. The van der Waals surface area contributed by atoms with Gasteiger partial charge in [0, 0.05) is 35.8 Å². The van der Waals surface area contributed by atoms with Crippen LogP contribution >= 0.6 is 11.8 Å². The molecule has 0 unspecified atom stereocenters. The van der Waals surface area contributed by atoms with E-state index in [1.54, 1.807) is 25.4 Å². The zero-order valence-corrected chi connectivity index (χ0v) is 20.6. The van der Waals surface area contributed by atoms with Gasteiger partial charge in [-0.1, -0.05) is 48.2 Å². The van der Waals surface area contributed by atoms with Gasteiger partial charge in [-0.15, -0.1) is 0 Å². The van der Waals surface area contributed by atoms with Crippen LogP contribution in [-0.4, -0.2) is 36.8 Å².